The fraction of sp³-hybridized carbons (Fsp3) is 0.333. The minimum Gasteiger partial charge on any atom is -0.360 e. The molecule has 0 bridgehead atoms. The first kappa shape index (κ1) is 17.6. The lowest BCUT2D eigenvalue weighted by molar-refractivity contribution is 0.101. The fourth-order valence-electron chi connectivity index (χ4n) is 2.17. The van der Waals surface area contributed by atoms with Crippen molar-refractivity contribution in [1.82, 2.24) is 9.97 Å². The monoisotopic (exact) mass is 326 g/mol. The second-order valence-electron chi connectivity index (χ2n) is 5.62. The molecule has 1 heterocycles. The molecule has 1 N–H and O–H groups in total. The Kier molecular flexibility index (Phi) is 6.01. The lowest BCUT2D eigenvalue weighted by Crippen LogP contribution is -2.21. The summed E-state index contributed by atoms with van der Waals surface area (Å²) in [5, 5.41) is 2.77. The maximum Gasteiger partial charge on any atom is 0.274 e. The third kappa shape index (κ3) is 4.62. The van der Waals surface area contributed by atoms with Crippen molar-refractivity contribution in [2.45, 2.75) is 26.7 Å². The summed E-state index contributed by atoms with van der Waals surface area (Å²) in [6.07, 6.45) is 3.55. The van der Waals surface area contributed by atoms with Gasteiger partial charge in [0.1, 0.15) is 17.8 Å². The number of rotatable bonds is 7. The Morgan fingerprint density at radius 1 is 1.17 bits per heavy atom. The zero-order valence-electron chi connectivity index (χ0n) is 14.2. The van der Waals surface area contributed by atoms with Gasteiger partial charge in [-0.2, -0.15) is 0 Å². The van der Waals surface area contributed by atoms with Crippen molar-refractivity contribution >= 4 is 23.2 Å². The van der Waals surface area contributed by atoms with Gasteiger partial charge in [0, 0.05) is 30.9 Å². The van der Waals surface area contributed by atoms with Gasteiger partial charge in [0.15, 0.2) is 5.78 Å². The van der Waals surface area contributed by atoms with Crippen LogP contribution >= 0.6 is 0 Å². The second-order valence-corrected chi connectivity index (χ2v) is 5.62. The molecule has 0 aliphatic heterocycles. The second kappa shape index (κ2) is 8.19. The molecule has 6 heteroatoms. The lowest BCUT2D eigenvalue weighted by Gasteiger charge is -2.17. The smallest absolute Gasteiger partial charge is 0.274 e. The summed E-state index contributed by atoms with van der Waals surface area (Å²) >= 11 is 0. The van der Waals surface area contributed by atoms with Crippen molar-refractivity contribution in [1.29, 1.82) is 0 Å². The van der Waals surface area contributed by atoms with Crippen molar-refractivity contribution in [2.75, 3.05) is 23.8 Å². The molecule has 0 radical (unpaired) electrons. The van der Waals surface area contributed by atoms with Gasteiger partial charge in [-0.15, -0.1) is 0 Å². The van der Waals surface area contributed by atoms with Crippen LogP contribution in [-0.2, 0) is 0 Å². The van der Waals surface area contributed by atoms with Crippen LogP contribution in [0.1, 0.15) is 47.5 Å². The summed E-state index contributed by atoms with van der Waals surface area (Å²) in [6.45, 7) is 4.51. The first-order chi connectivity index (χ1) is 11.5. The Bertz CT molecular complexity index is 713. The Balaban J connectivity index is 2.08. The molecule has 6 nitrogen and oxygen atoms in total. The molecule has 0 fully saturated rings. The SMILES string of the molecule is CCCCN(C)c1cc(C(=O)Nc2ccc(C(C)=O)cc2)ncn1. The average molecular weight is 326 g/mol. The molecule has 1 aromatic heterocycles. The molecule has 0 aliphatic rings. The summed E-state index contributed by atoms with van der Waals surface area (Å²) in [5.41, 5.74) is 1.53. The normalized spacial score (nSPS) is 10.3. The van der Waals surface area contributed by atoms with E-state index in [9.17, 15) is 9.59 Å². The lowest BCUT2D eigenvalue weighted by atomic mass is 10.1. The molecule has 24 heavy (non-hydrogen) atoms. The van der Waals surface area contributed by atoms with E-state index in [1.807, 2.05) is 11.9 Å². The molecule has 1 amide bonds. The quantitative estimate of drug-likeness (QED) is 0.791. The predicted molar refractivity (Wildman–Crippen MR) is 94.6 cm³/mol. The minimum atomic E-state index is -0.307. The van der Waals surface area contributed by atoms with Crippen molar-refractivity contribution in [2.24, 2.45) is 0 Å². The Labute approximate surface area is 141 Å². The number of benzene rings is 1. The van der Waals surface area contributed by atoms with Gasteiger partial charge in [-0.1, -0.05) is 13.3 Å². The zero-order valence-corrected chi connectivity index (χ0v) is 14.2. The fourth-order valence-corrected chi connectivity index (χ4v) is 2.17. The number of ketones is 1. The van der Waals surface area contributed by atoms with E-state index >= 15 is 0 Å². The van der Waals surface area contributed by atoms with Crippen molar-refractivity contribution < 1.29 is 9.59 Å². The highest BCUT2D eigenvalue weighted by atomic mass is 16.2. The van der Waals surface area contributed by atoms with Crippen LogP contribution in [0.2, 0.25) is 0 Å². The van der Waals surface area contributed by atoms with E-state index < -0.39 is 0 Å². The van der Waals surface area contributed by atoms with Crippen LogP contribution in [0.3, 0.4) is 0 Å². The number of hydrogen-bond acceptors (Lipinski definition) is 5. The molecule has 0 unspecified atom stereocenters. The Hall–Kier alpha value is -2.76. The number of hydrogen-bond donors (Lipinski definition) is 1. The molecule has 126 valence electrons. The number of anilines is 2. The van der Waals surface area contributed by atoms with Crippen molar-refractivity contribution in [3.63, 3.8) is 0 Å². The summed E-state index contributed by atoms with van der Waals surface area (Å²) < 4.78 is 0. The van der Waals surface area contributed by atoms with E-state index in [1.165, 1.54) is 13.3 Å². The highest BCUT2D eigenvalue weighted by molar-refractivity contribution is 6.03. The van der Waals surface area contributed by atoms with E-state index in [1.54, 1.807) is 30.3 Å². The maximum atomic E-state index is 12.3. The van der Waals surface area contributed by atoms with Crippen molar-refractivity contribution in [3.8, 4) is 0 Å². The van der Waals surface area contributed by atoms with Gasteiger partial charge < -0.3 is 10.2 Å². The van der Waals surface area contributed by atoms with Crippen LogP contribution < -0.4 is 10.2 Å². The predicted octanol–water partition coefficient (Wildman–Crippen LogP) is 3.17. The summed E-state index contributed by atoms with van der Waals surface area (Å²) in [5.74, 6) is 0.400. The molecule has 1 aromatic carbocycles. The van der Waals surface area contributed by atoms with Gasteiger partial charge in [-0.3, -0.25) is 9.59 Å². The van der Waals surface area contributed by atoms with Crippen LogP contribution in [0.4, 0.5) is 11.5 Å². The number of Topliss-reactive ketones (excluding diaryl/α,β-unsaturated/α-hetero) is 1. The highest BCUT2D eigenvalue weighted by Crippen LogP contribution is 2.14. The summed E-state index contributed by atoms with van der Waals surface area (Å²) in [7, 11) is 1.94. The third-order valence-corrected chi connectivity index (χ3v) is 3.67. The number of nitrogens with one attached hydrogen (secondary N) is 1. The number of amides is 1. The molecule has 0 saturated carbocycles. The number of aromatic nitrogens is 2. The van der Waals surface area contributed by atoms with Gasteiger partial charge in [0.2, 0.25) is 0 Å². The van der Waals surface area contributed by atoms with Gasteiger partial charge in [-0.25, -0.2) is 9.97 Å². The zero-order chi connectivity index (χ0) is 17.5. The number of carbonyl (C=O) groups excluding carboxylic acids is 2. The largest absolute Gasteiger partial charge is 0.360 e. The van der Waals surface area contributed by atoms with E-state index in [2.05, 4.69) is 22.2 Å². The topological polar surface area (TPSA) is 75.2 Å². The first-order valence-corrected chi connectivity index (χ1v) is 7.96. The molecular formula is C18H22N4O2. The van der Waals surface area contributed by atoms with Crippen LogP contribution in [0.25, 0.3) is 0 Å². The van der Waals surface area contributed by atoms with Crippen LogP contribution in [0.15, 0.2) is 36.7 Å². The van der Waals surface area contributed by atoms with E-state index in [0.717, 1.165) is 25.2 Å². The molecule has 2 aromatic rings. The van der Waals surface area contributed by atoms with Gasteiger partial charge in [0.05, 0.1) is 0 Å². The number of nitrogens with zero attached hydrogens (tertiary/aromatic N) is 3. The number of unbranched alkanes of at least 4 members (excludes halogenated alkanes) is 1. The van der Waals surface area contributed by atoms with Gasteiger partial charge >= 0.3 is 0 Å². The molecular weight excluding hydrogens is 304 g/mol. The maximum absolute atomic E-state index is 12.3. The molecule has 0 atom stereocenters. The van der Waals surface area contributed by atoms with E-state index in [0.29, 0.717) is 16.9 Å². The van der Waals surface area contributed by atoms with Crippen LogP contribution in [0, 0.1) is 0 Å². The van der Waals surface area contributed by atoms with Gasteiger partial charge in [0.25, 0.3) is 5.91 Å². The molecule has 0 saturated heterocycles. The summed E-state index contributed by atoms with van der Waals surface area (Å²) in [6, 6.07) is 8.44. The average Bonchev–Trinajstić information content (AvgIpc) is 2.60. The van der Waals surface area contributed by atoms with E-state index in [4.69, 9.17) is 0 Å². The molecule has 0 spiro atoms. The molecule has 0 aliphatic carbocycles. The van der Waals surface area contributed by atoms with Crippen LogP contribution in [0.5, 0.6) is 0 Å². The highest BCUT2D eigenvalue weighted by Gasteiger charge is 2.11. The van der Waals surface area contributed by atoms with Gasteiger partial charge in [-0.05, 0) is 37.6 Å². The molecule has 2 rings (SSSR count). The summed E-state index contributed by atoms with van der Waals surface area (Å²) in [4.78, 5) is 33.9. The van der Waals surface area contributed by atoms with Crippen molar-refractivity contribution in [3.05, 3.63) is 47.9 Å². The third-order valence-electron chi connectivity index (χ3n) is 3.67. The number of carbonyl (C=O) groups is 2. The Morgan fingerprint density at radius 3 is 2.50 bits per heavy atom. The Morgan fingerprint density at radius 2 is 1.88 bits per heavy atom. The van der Waals surface area contributed by atoms with E-state index in [-0.39, 0.29) is 11.7 Å². The first-order valence-electron chi connectivity index (χ1n) is 7.96. The standard InChI is InChI=1S/C18H22N4O2/c1-4-5-10-22(3)17-11-16(19-12-20-17)18(24)21-15-8-6-14(7-9-15)13(2)23/h6-9,11-12H,4-5,10H2,1-3H3,(H,21,24). The minimum absolute atomic E-state index is 0.0107. The van der Waals surface area contributed by atoms with Crippen LogP contribution in [-0.4, -0.2) is 35.3 Å².